The summed E-state index contributed by atoms with van der Waals surface area (Å²) in [6.07, 6.45) is 6.15. The molecule has 0 spiro atoms. The summed E-state index contributed by atoms with van der Waals surface area (Å²) in [5.74, 6) is 0.191. The molecule has 1 heterocycles. The molecule has 0 aromatic carbocycles. The zero-order chi connectivity index (χ0) is 12.3. The Labute approximate surface area is 103 Å². The van der Waals surface area contributed by atoms with Crippen molar-refractivity contribution in [3.8, 4) is 0 Å². The quantitative estimate of drug-likeness (QED) is 0.753. The van der Waals surface area contributed by atoms with Crippen LogP contribution in [0.15, 0.2) is 0 Å². The smallest absolute Gasteiger partial charge is 0.219 e. The van der Waals surface area contributed by atoms with E-state index >= 15 is 0 Å². The van der Waals surface area contributed by atoms with E-state index in [4.69, 9.17) is 0 Å². The number of piperidine rings is 1. The van der Waals surface area contributed by atoms with E-state index < -0.39 is 0 Å². The molecule has 17 heavy (non-hydrogen) atoms. The van der Waals surface area contributed by atoms with E-state index in [0.29, 0.717) is 12.1 Å². The highest BCUT2D eigenvalue weighted by molar-refractivity contribution is 5.73. The maximum atomic E-state index is 11.2. The Morgan fingerprint density at radius 2 is 1.88 bits per heavy atom. The number of rotatable bonds is 2. The van der Waals surface area contributed by atoms with E-state index in [-0.39, 0.29) is 12.0 Å². The standard InChI is InChI=1S/C13H24N2O2/c1-10(16)15-7-5-11(6-8-15)14-12-3-2-4-13(17)9-12/h11-14,17H,2-9H2,1H3. The Morgan fingerprint density at radius 3 is 2.47 bits per heavy atom. The number of likely N-dealkylation sites (tertiary alicyclic amines) is 1. The van der Waals surface area contributed by atoms with Crippen LogP contribution in [0.5, 0.6) is 0 Å². The third-order valence-corrected chi connectivity index (χ3v) is 4.06. The number of hydrogen-bond donors (Lipinski definition) is 2. The Morgan fingerprint density at radius 1 is 1.18 bits per heavy atom. The van der Waals surface area contributed by atoms with Crippen molar-refractivity contribution >= 4 is 5.91 Å². The van der Waals surface area contributed by atoms with E-state index in [0.717, 1.165) is 45.2 Å². The van der Waals surface area contributed by atoms with E-state index in [1.807, 2.05) is 4.90 Å². The number of carbonyl (C=O) groups excluding carboxylic acids is 1. The fourth-order valence-electron chi connectivity index (χ4n) is 3.01. The van der Waals surface area contributed by atoms with Gasteiger partial charge in [0.25, 0.3) is 0 Å². The number of aliphatic hydroxyl groups excluding tert-OH is 1. The van der Waals surface area contributed by atoms with Gasteiger partial charge in [-0.2, -0.15) is 0 Å². The van der Waals surface area contributed by atoms with Crippen LogP contribution < -0.4 is 5.32 Å². The molecule has 2 aliphatic rings. The fraction of sp³-hybridized carbons (Fsp3) is 0.923. The minimum Gasteiger partial charge on any atom is -0.393 e. The lowest BCUT2D eigenvalue weighted by atomic mass is 9.91. The average Bonchev–Trinajstić information content (AvgIpc) is 2.29. The Balaban J connectivity index is 1.72. The van der Waals surface area contributed by atoms with Crippen molar-refractivity contribution < 1.29 is 9.90 Å². The van der Waals surface area contributed by atoms with Crippen LogP contribution >= 0.6 is 0 Å². The molecule has 1 saturated carbocycles. The highest BCUT2D eigenvalue weighted by atomic mass is 16.3. The molecule has 0 aromatic rings. The average molecular weight is 240 g/mol. The van der Waals surface area contributed by atoms with Crippen LogP contribution in [0.1, 0.15) is 45.4 Å². The predicted molar refractivity (Wildman–Crippen MR) is 66.7 cm³/mol. The molecule has 0 radical (unpaired) electrons. The van der Waals surface area contributed by atoms with Gasteiger partial charge in [0.2, 0.25) is 5.91 Å². The molecule has 98 valence electrons. The summed E-state index contributed by atoms with van der Waals surface area (Å²) in [5.41, 5.74) is 0. The summed E-state index contributed by atoms with van der Waals surface area (Å²) in [7, 11) is 0. The highest BCUT2D eigenvalue weighted by Crippen LogP contribution is 2.20. The van der Waals surface area contributed by atoms with Gasteiger partial charge in [0.05, 0.1) is 6.10 Å². The molecule has 0 bridgehead atoms. The summed E-state index contributed by atoms with van der Waals surface area (Å²) >= 11 is 0. The van der Waals surface area contributed by atoms with Gasteiger partial charge in [-0.15, -0.1) is 0 Å². The number of nitrogens with one attached hydrogen (secondary N) is 1. The lowest BCUT2D eigenvalue weighted by Crippen LogP contribution is -2.48. The molecule has 2 atom stereocenters. The zero-order valence-corrected chi connectivity index (χ0v) is 10.7. The van der Waals surface area contributed by atoms with Crippen molar-refractivity contribution in [3.63, 3.8) is 0 Å². The van der Waals surface area contributed by atoms with Crippen molar-refractivity contribution in [3.05, 3.63) is 0 Å². The maximum absolute atomic E-state index is 11.2. The van der Waals surface area contributed by atoms with Crippen LogP contribution in [0.25, 0.3) is 0 Å². The first kappa shape index (κ1) is 12.8. The second kappa shape index (κ2) is 5.83. The Bertz CT molecular complexity index is 262. The van der Waals surface area contributed by atoms with Crippen LogP contribution in [-0.2, 0) is 4.79 Å². The number of nitrogens with zero attached hydrogens (tertiary/aromatic N) is 1. The van der Waals surface area contributed by atoms with Crippen molar-refractivity contribution in [2.24, 2.45) is 0 Å². The molecule has 0 aromatic heterocycles. The van der Waals surface area contributed by atoms with Gasteiger partial charge < -0.3 is 15.3 Å². The fourth-order valence-corrected chi connectivity index (χ4v) is 3.01. The largest absolute Gasteiger partial charge is 0.393 e. The zero-order valence-electron chi connectivity index (χ0n) is 10.7. The van der Waals surface area contributed by atoms with Crippen molar-refractivity contribution in [1.29, 1.82) is 0 Å². The van der Waals surface area contributed by atoms with Crippen molar-refractivity contribution in [2.75, 3.05) is 13.1 Å². The van der Waals surface area contributed by atoms with Gasteiger partial charge in [-0.25, -0.2) is 0 Å². The third kappa shape index (κ3) is 3.68. The number of carbonyl (C=O) groups is 1. The van der Waals surface area contributed by atoms with Gasteiger partial charge in [-0.1, -0.05) is 0 Å². The number of hydrogen-bond acceptors (Lipinski definition) is 3. The molecule has 1 aliphatic carbocycles. The molecule has 2 N–H and O–H groups in total. The molecule has 4 nitrogen and oxygen atoms in total. The summed E-state index contributed by atoms with van der Waals surface area (Å²) < 4.78 is 0. The number of amides is 1. The van der Waals surface area contributed by atoms with E-state index in [1.54, 1.807) is 6.92 Å². The molecule has 2 fully saturated rings. The molecule has 1 amide bonds. The van der Waals surface area contributed by atoms with Gasteiger partial charge in [0.1, 0.15) is 0 Å². The maximum Gasteiger partial charge on any atom is 0.219 e. The number of aliphatic hydroxyl groups is 1. The third-order valence-electron chi connectivity index (χ3n) is 4.06. The van der Waals surface area contributed by atoms with Gasteiger partial charge in [-0.05, 0) is 38.5 Å². The van der Waals surface area contributed by atoms with Crippen LogP contribution in [0.2, 0.25) is 0 Å². The lowest BCUT2D eigenvalue weighted by molar-refractivity contribution is -0.129. The van der Waals surface area contributed by atoms with Crippen molar-refractivity contribution in [2.45, 2.75) is 63.6 Å². The van der Waals surface area contributed by atoms with Crippen LogP contribution in [0.3, 0.4) is 0 Å². The SMILES string of the molecule is CC(=O)N1CCC(NC2CCCC(O)C2)CC1. The lowest BCUT2D eigenvalue weighted by Gasteiger charge is -2.36. The molecule has 2 rings (SSSR count). The van der Waals surface area contributed by atoms with Crippen LogP contribution in [0, 0.1) is 0 Å². The molecule has 1 aliphatic heterocycles. The van der Waals surface area contributed by atoms with E-state index in [2.05, 4.69) is 5.32 Å². The van der Waals surface area contributed by atoms with Crippen LogP contribution in [-0.4, -0.2) is 47.2 Å². The minimum atomic E-state index is -0.112. The Kier molecular flexibility index (Phi) is 4.40. The second-order valence-electron chi connectivity index (χ2n) is 5.46. The van der Waals surface area contributed by atoms with Crippen molar-refractivity contribution in [1.82, 2.24) is 10.2 Å². The Hall–Kier alpha value is -0.610. The molecular weight excluding hydrogens is 216 g/mol. The first-order chi connectivity index (χ1) is 8.15. The van der Waals surface area contributed by atoms with Crippen LogP contribution in [0.4, 0.5) is 0 Å². The minimum absolute atomic E-state index is 0.112. The first-order valence-electron chi connectivity index (χ1n) is 6.85. The molecule has 4 heteroatoms. The van der Waals surface area contributed by atoms with E-state index in [1.165, 1.54) is 6.42 Å². The van der Waals surface area contributed by atoms with Gasteiger partial charge in [0, 0.05) is 32.1 Å². The molecular formula is C13H24N2O2. The summed E-state index contributed by atoms with van der Waals surface area (Å²) in [5, 5.41) is 13.3. The topological polar surface area (TPSA) is 52.6 Å². The summed E-state index contributed by atoms with van der Waals surface area (Å²) in [6, 6.07) is 1.01. The van der Waals surface area contributed by atoms with Gasteiger partial charge in [-0.3, -0.25) is 4.79 Å². The molecule has 2 unspecified atom stereocenters. The molecule has 1 saturated heterocycles. The van der Waals surface area contributed by atoms with Gasteiger partial charge in [0.15, 0.2) is 0 Å². The second-order valence-corrected chi connectivity index (χ2v) is 5.46. The van der Waals surface area contributed by atoms with Gasteiger partial charge >= 0.3 is 0 Å². The summed E-state index contributed by atoms with van der Waals surface area (Å²) in [4.78, 5) is 13.1. The first-order valence-corrected chi connectivity index (χ1v) is 6.85. The monoisotopic (exact) mass is 240 g/mol. The summed E-state index contributed by atoms with van der Waals surface area (Å²) in [6.45, 7) is 3.40. The highest BCUT2D eigenvalue weighted by Gasteiger charge is 2.25. The normalized spacial score (nSPS) is 31.5. The van der Waals surface area contributed by atoms with E-state index in [9.17, 15) is 9.90 Å². The predicted octanol–water partition coefficient (Wildman–Crippen LogP) is 0.890.